The Morgan fingerprint density at radius 2 is 1.92 bits per heavy atom. The van der Waals surface area contributed by atoms with Crippen LogP contribution in [0, 0.1) is 23.7 Å². The Labute approximate surface area is 73.1 Å². The highest BCUT2D eigenvalue weighted by molar-refractivity contribution is 5.24. The van der Waals surface area contributed by atoms with Crippen molar-refractivity contribution < 1.29 is 4.74 Å². The zero-order valence-electron chi connectivity index (χ0n) is 7.31. The van der Waals surface area contributed by atoms with Crippen molar-refractivity contribution in [2.24, 2.45) is 23.7 Å². The number of hydrogen-bond acceptors (Lipinski definition) is 1. The molecule has 2 bridgehead atoms. The van der Waals surface area contributed by atoms with E-state index in [1.165, 1.54) is 6.42 Å². The van der Waals surface area contributed by atoms with Crippen molar-refractivity contribution in [3.8, 4) is 0 Å². The molecule has 0 aromatic rings. The van der Waals surface area contributed by atoms with E-state index >= 15 is 0 Å². The fraction of sp³-hybridized carbons (Fsp3) is 0.636. The topological polar surface area (TPSA) is 9.23 Å². The fourth-order valence-electron chi connectivity index (χ4n) is 3.23. The van der Waals surface area contributed by atoms with Crippen LogP contribution in [-0.2, 0) is 4.74 Å². The normalized spacial score (nSPS) is 53.6. The first-order valence-corrected chi connectivity index (χ1v) is 4.79. The monoisotopic (exact) mass is 162 g/mol. The van der Waals surface area contributed by atoms with Gasteiger partial charge < -0.3 is 4.74 Å². The van der Waals surface area contributed by atoms with Crippen molar-refractivity contribution in [2.45, 2.75) is 12.5 Å². The summed E-state index contributed by atoms with van der Waals surface area (Å²) >= 11 is 0. The molecule has 1 nitrogen and oxygen atoms in total. The first-order chi connectivity index (χ1) is 5.90. The van der Waals surface area contributed by atoms with E-state index in [1.54, 1.807) is 0 Å². The third kappa shape index (κ3) is 0.680. The highest BCUT2D eigenvalue weighted by Crippen LogP contribution is 2.53. The van der Waals surface area contributed by atoms with Crippen molar-refractivity contribution in [3.63, 3.8) is 0 Å². The van der Waals surface area contributed by atoms with Gasteiger partial charge in [0.05, 0.1) is 6.10 Å². The first kappa shape index (κ1) is 6.90. The van der Waals surface area contributed by atoms with Crippen LogP contribution in [0.2, 0.25) is 0 Å². The third-order valence-corrected chi connectivity index (χ3v) is 3.76. The standard InChI is InChI=1S/C11H14O/c1-12-10-5-4-9-7-2-3-8(6-7)11(9)10/h2-5,7-11H,6H2,1H3. The largest absolute Gasteiger partial charge is 0.377 e. The van der Waals surface area contributed by atoms with Crippen LogP contribution in [0.3, 0.4) is 0 Å². The number of fused-ring (bicyclic) bond motifs is 5. The maximum absolute atomic E-state index is 5.46. The molecule has 0 amide bonds. The van der Waals surface area contributed by atoms with Gasteiger partial charge in [-0.2, -0.15) is 0 Å². The summed E-state index contributed by atoms with van der Waals surface area (Å²) in [6.45, 7) is 0. The molecule has 0 radical (unpaired) electrons. The van der Waals surface area contributed by atoms with Gasteiger partial charge in [0.15, 0.2) is 0 Å². The van der Waals surface area contributed by atoms with Gasteiger partial charge in [-0.1, -0.05) is 24.3 Å². The predicted octanol–water partition coefficient (Wildman–Crippen LogP) is 2.01. The molecule has 0 spiro atoms. The van der Waals surface area contributed by atoms with Gasteiger partial charge in [-0.05, 0) is 24.2 Å². The van der Waals surface area contributed by atoms with E-state index in [-0.39, 0.29) is 0 Å². The smallest absolute Gasteiger partial charge is 0.0791 e. The first-order valence-electron chi connectivity index (χ1n) is 4.79. The maximum Gasteiger partial charge on any atom is 0.0791 e. The van der Waals surface area contributed by atoms with E-state index in [4.69, 9.17) is 4.74 Å². The van der Waals surface area contributed by atoms with E-state index in [0.29, 0.717) is 6.10 Å². The SMILES string of the molecule is COC1C=CC2C3C=CC(C3)C12. The summed E-state index contributed by atoms with van der Waals surface area (Å²) < 4.78 is 5.46. The second-order valence-corrected chi connectivity index (χ2v) is 4.19. The van der Waals surface area contributed by atoms with Gasteiger partial charge in [0.2, 0.25) is 0 Å². The van der Waals surface area contributed by atoms with E-state index in [2.05, 4.69) is 24.3 Å². The van der Waals surface area contributed by atoms with E-state index in [1.807, 2.05) is 7.11 Å². The lowest BCUT2D eigenvalue weighted by Crippen LogP contribution is -2.25. The molecule has 1 heteroatoms. The summed E-state index contributed by atoms with van der Waals surface area (Å²) in [4.78, 5) is 0. The zero-order valence-corrected chi connectivity index (χ0v) is 7.31. The maximum atomic E-state index is 5.46. The highest BCUT2D eigenvalue weighted by Gasteiger charge is 2.48. The molecule has 1 fully saturated rings. The van der Waals surface area contributed by atoms with Crippen molar-refractivity contribution in [1.82, 2.24) is 0 Å². The number of methoxy groups -OCH3 is 1. The molecule has 64 valence electrons. The summed E-state index contributed by atoms with van der Waals surface area (Å²) in [6, 6.07) is 0. The highest BCUT2D eigenvalue weighted by atomic mass is 16.5. The molecule has 3 aliphatic carbocycles. The van der Waals surface area contributed by atoms with Gasteiger partial charge in [-0.25, -0.2) is 0 Å². The van der Waals surface area contributed by atoms with Crippen LogP contribution in [-0.4, -0.2) is 13.2 Å². The van der Waals surface area contributed by atoms with Crippen LogP contribution < -0.4 is 0 Å². The van der Waals surface area contributed by atoms with Crippen LogP contribution in [0.4, 0.5) is 0 Å². The lowest BCUT2D eigenvalue weighted by Gasteiger charge is -2.24. The summed E-state index contributed by atoms with van der Waals surface area (Å²) in [7, 11) is 1.83. The lowest BCUT2D eigenvalue weighted by molar-refractivity contribution is 0.0765. The van der Waals surface area contributed by atoms with Crippen molar-refractivity contribution in [3.05, 3.63) is 24.3 Å². The second kappa shape index (κ2) is 2.23. The van der Waals surface area contributed by atoms with Gasteiger partial charge in [0.1, 0.15) is 0 Å². The van der Waals surface area contributed by atoms with E-state index in [0.717, 1.165) is 23.7 Å². The Morgan fingerprint density at radius 3 is 2.75 bits per heavy atom. The van der Waals surface area contributed by atoms with Gasteiger partial charge in [0, 0.05) is 13.0 Å². The van der Waals surface area contributed by atoms with Crippen LogP contribution in [0.5, 0.6) is 0 Å². The zero-order chi connectivity index (χ0) is 8.13. The number of hydrogen-bond donors (Lipinski definition) is 0. The average molecular weight is 162 g/mol. The number of allylic oxidation sites excluding steroid dienone is 3. The number of rotatable bonds is 1. The molecule has 0 saturated heterocycles. The minimum atomic E-state index is 0.398. The summed E-state index contributed by atoms with van der Waals surface area (Å²) in [5.74, 6) is 3.20. The van der Waals surface area contributed by atoms with Gasteiger partial charge in [0.25, 0.3) is 0 Å². The third-order valence-electron chi connectivity index (χ3n) is 3.76. The lowest BCUT2D eigenvalue weighted by atomic mass is 9.84. The second-order valence-electron chi connectivity index (χ2n) is 4.19. The summed E-state index contributed by atoms with van der Waals surface area (Å²) in [5.41, 5.74) is 0. The van der Waals surface area contributed by atoms with Crippen LogP contribution in [0.15, 0.2) is 24.3 Å². The van der Waals surface area contributed by atoms with Gasteiger partial charge >= 0.3 is 0 Å². The molecule has 0 heterocycles. The van der Waals surface area contributed by atoms with Crippen molar-refractivity contribution in [1.29, 1.82) is 0 Å². The van der Waals surface area contributed by atoms with Gasteiger partial charge in [-0.15, -0.1) is 0 Å². The van der Waals surface area contributed by atoms with Crippen LogP contribution in [0.25, 0.3) is 0 Å². The summed E-state index contributed by atoms with van der Waals surface area (Å²) in [6.07, 6.45) is 11.2. The molecule has 1 saturated carbocycles. The average Bonchev–Trinajstić information content (AvgIpc) is 2.76. The molecule has 3 aliphatic rings. The molecule has 0 aromatic heterocycles. The molecule has 3 rings (SSSR count). The Hall–Kier alpha value is -0.560. The van der Waals surface area contributed by atoms with Crippen molar-refractivity contribution >= 4 is 0 Å². The molecule has 0 N–H and O–H groups in total. The summed E-state index contributed by atoms with van der Waals surface area (Å²) in [5, 5.41) is 0. The minimum absolute atomic E-state index is 0.398. The molecule has 12 heavy (non-hydrogen) atoms. The van der Waals surface area contributed by atoms with E-state index < -0.39 is 0 Å². The number of ether oxygens (including phenoxy) is 1. The Balaban J connectivity index is 1.94. The quantitative estimate of drug-likeness (QED) is 0.536. The van der Waals surface area contributed by atoms with Crippen LogP contribution in [0.1, 0.15) is 6.42 Å². The molecular weight excluding hydrogens is 148 g/mol. The Bertz CT molecular complexity index is 254. The Kier molecular flexibility index (Phi) is 1.28. The van der Waals surface area contributed by atoms with Gasteiger partial charge in [-0.3, -0.25) is 0 Å². The molecular formula is C11H14O. The fourth-order valence-corrected chi connectivity index (χ4v) is 3.23. The molecule has 0 aliphatic heterocycles. The predicted molar refractivity (Wildman–Crippen MR) is 47.7 cm³/mol. The van der Waals surface area contributed by atoms with E-state index in [9.17, 15) is 0 Å². The molecule has 5 unspecified atom stereocenters. The molecule has 5 atom stereocenters. The molecule has 0 aromatic carbocycles. The van der Waals surface area contributed by atoms with Crippen LogP contribution >= 0.6 is 0 Å². The minimum Gasteiger partial charge on any atom is -0.377 e. The Morgan fingerprint density at radius 1 is 1.08 bits per heavy atom. The van der Waals surface area contributed by atoms with Crippen molar-refractivity contribution in [2.75, 3.05) is 7.11 Å².